The summed E-state index contributed by atoms with van der Waals surface area (Å²) in [4.78, 5) is 0. The molecule has 1 rings (SSSR count). The molecule has 0 aliphatic carbocycles. The minimum Gasteiger partial charge on any atom is -0.512 e. The van der Waals surface area contributed by atoms with Crippen LogP contribution in [0.2, 0.25) is 0 Å². The lowest BCUT2D eigenvalue weighted by Gasteiger charge is -2.08. The van der Waals surface area contributed by atoms with Gasteiger partial charge in [0.1, 0.15) is 11.5 Å². The fourth-order valence-corrected chi connectivity index (χ4v) is 1.99. The van der Waals surface area contributed by atoms with Gasteiger partial charge in [0.25, 0.3) is 0 Å². The topological polar surface area (TPSA) is 58.9 Å². The van der Waals surface area contributed by atoms with E-state index in [9.17, 15) is 0 Å². The van der Waals surface area contributed by atoms with Crippen LogP contribution in [0.1, 0.15) is 51.9 Å². The molecule has 0 radical (unpaired) electrons. The fraction of sp³-hybridized carbons (Fsp3) is 0.600. The van der Waals surface area contributed by atoms with E-state index in [1.165, 1.54) is 38.5 Å². The summed E-state index contributed by atoms with van der Waals surface area (Å²) in [5.74, 6) is 1.18. The molecule has 0 atom stereocenters. The average Bonchev–Trinajstić information content (AvgIpc) is 2.43. The number of hydrogen-bond donors (Lipinski definition) is 2. The molecular weight excluding hydrogens is 255 g/mol. The molecule has 0 aliphatic rings. The lowest BCUT2D eigenvalue weighted by atomic mass is 10.1. The maximum atomic E-state index is 8.65. The van der Waals surface area contributed by atoms with Crippen LogP contribution in [0.15, 0.2) is 24.3 Å². The highest BCUT2D eigenvalue weighted by atomic mass is 16.6. The highest BCUT2D eigenvalue weighted by molar-refractivity contribution is 6.33. The second kappa shape index (κ2) is 10.6. The number of ether oxygens (including phenoxy) is 1. The van der Waals surface area contributed by atoms with E-state index in [0.717, 1.165) is 18.8 Å². The van der Waals surface area contributed by atoms with E-state index in [-0.39, 0.29) is 0 Å². The third kappa shape index (κ3) is 8.07. The number of unbranched alkanes of at least 4 members (excludes halogenated alkanes) is 6. The summed E-state index contributed by atoms with van der Waals surface area (Å²) in [5.41, 5.74) is 0. The standard InChI is InChI=1S/C15H25BO4/c1-2-3-4-5-6-7-8-13-19-14-9-11-15(12-10-14)20-16(17)18/h9-12,17-18H,2-8,13H2,1H3. The van der Waals surface area contributed by atoms with Crippen LogP contribution in [0.25, 0.3) is 0 Å². The van der Waals surface area contributed by atoms with Crippen LogP contribution in [-0.4, -0.2) is 24.0 Å². The van der Waals surface area contributed by atoms with Crippen molar-refractivity contribution in [3.05, 3.63) is 24.3 Å². The van der Waals surface area contributed by atoms with Gasteiger partial charge in [-0.2, -0.15) is 0 Å². The highest BCUT2D eigenvalue weighted by Crippen LogP contribution is 2.18. The first-order chi connectivity index (χ1) is 9.72. The largest absolute Gasteiger partial charge is 0.707 e. The Labute approximate surface area is 121 Å². The zero-order chi connectivity index (χ0) is 14.6. The molecule has 0 aromatic heterocycles. The summed E-state index contributed by atoms with van der Waals surface area (Å²) in [5, 5.41) is 17.3. The smallest absolute Gasteiger partial charge is 0.512 e. The van der Waals surface area contributed by atoms with Crippen molar-refractivity contribution in [3.63, 3.8) is 0 Å². The third-order valence-electron chi connectivity index (χ3n) is 3.08. The molecule has 0 heterocycles. The fourth-order valence-electron chi connectivity index (χ4n) is 1.99. The molecule has 0 unspecified atom stereocenters. The summed E-state index contributed by atoms with van der Waals surface area (Å²) in [6.45, 7) is 2.95. The first-order valence-electron chi connectivity index (χ1n) is 7.48. The molecule has 20 heavy (non-hydrogen) atoms. The molecule has 0 amide bonds. The molecule has 1 aromatic carbocycles. The molecule has 5 heteroatoms. The lowest BCUT2D eigenvalue weighted by Crippen LogP contribution is -2.20. The highest BCUT2D eigenvalue weighted by Gasteiger charge is 2.10. The summed E-state index contributed by atoms with van der Waals surface area (Å²) in [6, 6.07) is 6.83. The van der Waals surface area contributed by atoms with Crippen molar-refractivity contribution in [3.8, 4) is 11.5 Å². The van der Waals surface area contributed by atoms with Gasteiger partial charge in [-0.05, 0) is 30.7 Å². The second-order valence-corrected chi connectivity index (χ2v) is 4.89. The van der Waals surface area contributed by atoms with Gasteiger partial charge in [0.15, 0.2) is 0 Å². The zero-order valence-electron chi connectivity index (χ0n) is 12.3. The number of hydrogen-bond acceptors (Lipinski definition) is 4. The van der Waals surface area contributed by atoms with Crippen LogP contribution in [0.3, 0.4) is 0 Å². The van der Waals surface area contributed by atoms with Gasteiger partial charge in [-0.3, -0.25) is 0 Å². The van der Waals surface area contributed by atoms with Gasteiger partial charge < -0.3 is 19.4 Å². The summed E-state index contributed by atoms with van der Waals surface area (Å²) in [7, 11) is -1.78. The van der Waals surface area contributed by atoms with Crippen LogP contribution in [0, 0.1) is 0 Å². The second-order valence-electron chi connectivity index (χ2n) is 4.89. The predicted octanol–water partition coefficient (Wildman–Crippen LogP) is 3.16. The molecular formula is C15H25BO4. The van der Waals surface area contributed by atoms with E-state index in [4.69, 9.17) is 19.4 Å². The Bertz CT molecular complexity index is 340. The van der Waals surface area contributed by atoms with Gasteiger partial charge in [0, 0.05) is 0 Å². The van der Waals surface area contributed by atoms with E-state index in [1.54, 1.807) is 24.3 Å². The average molecular weight is 280 g/mol. The van der Waals surface area contributed by atoms with Gasteiger partial charge in [-0.15, -0.1) is 0 Å². The van der Waals surface area contributed by atoms with Crippen molar-refractivity contribution in [2.24, 2.45) is 0 Å². The van der Waals surface area contributed by atoms with E-state index in [1.807, 2.05) is 0 Å². The van der Waals surface area contributed by atoms with Crippen molar-refractivity contribution in [2.75, 3.05) is 6.61 Å². The van der Waals surface area contributed by atoms with Crippen LogP contribution >= 0.6 is 0 Å². The third-order valence-corrected chi connectivity index (χ3v) is 3.08. The maximum Gasteiger partial charge on any atom is 0.707 e. The molecule has 112 valence electrons. The lowest BCUT2D eigenvalue weighted by molar-refractivity contribution is 0.286. The quantitative estimate of drug-likeness (QED) is 0.483. The molecule has 0 aliphatic heterocycles. The molecule has 2 N–H and O–H groups in total. The zero-order valence-corrected chi connectivity index (χ0v) is 12.3. The SMILES string of the molecule is CCCCCCCCCOc1ccc(OB(O)O)cc1. The summed E-state index contributed by atoms with van der Waals surface area (Å²) < 4.78 is 10.3. The van der Waals surface area contributed by atoms with Gasteiger partial charge in [0.2, 0.25) is 0 Å². The minimum absolute atomic E-state index is 0.406. The molecule has 1 aromatic rings. The van der Waals surface area contributed by atoms with Crippen molar-refractivity contribution in [1.29, 1.82) is 0 Å². The van der Waals surface area contributed by atoms with Gasteiger partial charge in [-0.1, -0.05) is 45.4 Å². The van der Waals surface area contributed by atoms with E-state index in [0.29, 0.717) is 5.75 Å². The van der Waals surface area contributed by atoms with E-state index < -0.39 is 7.32 Å². The van der Waals surface area contributed by atoms with Crippen molar-refractivity contribution in [2.45, 2.75) is 51.9 Å². The molecule has 0 fully saturated rings. The Balaban J connectivity index is 2.07. The van der Waals surface area contributed by atoms with Crippen molar-refractivity contribution >= 4 is 7.32 Å². The first-order valence-corrected chi connectivity index (χ1v) is 7.48. The van der Waals surface area contributed by atoms with Crippen LogP contribution < -0.4 is 9.39 Å². The predicted molar refractivity (Wildman–Crippen MR) is 80.7 cm³/mol. The van der Waals surface area contributed by atoms with Crippen LogP contribution in [0.5, 0.6) is 11.5 Å². The maximum absolute atomic E-state index is 8.65. The molecule has 0 saturated heterocycles. The Morgan fingerprint density at radius 2 is 1.40 bits per heavy atom. The van der Waals surface area contributed by atoms with Crippen molar-refractivity contribution in [1.82, 2.24) is 0 Å². The van der Waals surface area contributed by atoms with Gasteiger partial charge >= 0.3 is 7.32 Å². The molecule has 0 bridgehead atoms. The van der Waals surface area contributed by atoms with Gasteiger partial charge in [-0.25, -0.2) is 0 Å². The summed E-state index contributed by atoms with van der Waals surface area (Å²) >= 11 is 0. The monoisotopic (exact) mass is 280 g/mol. The Hall–Kier alpha value is -1.20. The van der Waals surface area contributed by atoms with E-state index in [2.05, 4.69) is 6.92 Å². The minimum atomic E-state index is -1.78. The number of benzene rings is 1. The molecule has 0 saturated carbocycles. The normalized spacial score (nSPS) is 10.3. The van der Waals surface area contributed by atoms with E-state index >= 15 is 0 Å². The molecule has 4 nitrogen and oxygen atoms in total. The van der Waals surface area contributed by atoms with Crippen LogP contribution in [-0.2, 0) is 0 Å². The number of rotatable bonds is 11. The Morgan fingerprint density at radius 1 is 0.850 bits per heavy atom. The molecule has 0 spiro atoms. The van der Waals surface area contributed by atoms with Crippen LogP contribution in [0.4, 0.5) is 0 Å². The Morgan fingerprint density at radius 3 is 2.00 bits per heavy atom. The summed E-state index contributed by atoms with van der Waals surface area (Å²) in [6.07, 6.45) is 8.86. The van der Waals surface area contributed by atoms with Crippen molar-refractivity contribution < 1.29 is 19.4 Å². The van der Waals surface area contributed by atoms with Gasteiger partial charge in [0.05, 0.1) is 6.61 Å². The Kier molecular flexibility index (Phi) is 8.91. The first kappa shape index (κ1) is 16.9.